The van der Waals surface area contributed by atoms with Crippen molar-refractivity contribution >= 4 is 29.2 Å². The van der Waals surface area contributed by atoms with Gasteiger partial charge in [-0.25, -0.2) is 4.98 Å². The summed E-state index contributed by atoms with van der Waals surface area (Å²) in [6.45, 7) is 1.92. The molecule has 0 radical (unpaired) electrons. The van der Waals surface area contributed by atoms with Gasteiger partial charge in [-0.2, -0.15) is 11.8 Å². The quantitative estimate of drug-likeness (QED) is 0.699. The van der Waals surface area contributed by atoms with E-state index in [2.05, 4.69) is 20.1 Å². The van der Waals surface area contributed by atoms with Crippen molar-refractivity contribution < 1.29 is 0 Å². The van der Waals surface area contributed by atoms with Gasteiger partial charge in [-0.05, 0) is 24.3 Å². The molecule has 1 aromatic carbocycles. The molecule has 0 saturated carbocycles. The lowest BCUT2D eigenvalue weighted by atomic mass is 10.1. The molecule has 5 nitrogen and oxygen atoms in total. The first-order valence-corrected chi connectivity index (χ1v) is 9.58. The van der Waals surface area contributed by atoms with E-state index >= 15 is 0 Å². The first-order valence-electron chi connectivity index (χ1n) is 8.05. The Morgan fingerprint density at radius 3 is 2.32 bits per heavy atom. The van der Waals surface area contributed by atoms with Gasteiger partial charge in [0.05, 0.1) is 0 Å². The van der Waals surface area contributed by atoms with Gasteiger partial charge in [0.25, 0.3) is 0 Å². The Labute approximate surface area is 155 Å². The molecule has 3 aromatic rings. The highest BCUT2D eigenvalue weighted by Crippen LogP contribution is 2.30. The second-order valence-electron chi connectivity index (χ2n) is 5.65. The van der Waals surface area contributed by atoms with E-state index in [4.69, 9.17) is 16.6 Å². The third-order valence-electron chi connectivity index (χ3n) is 4.04. The number of halogens is 1. The molecule has 1 saturated heterocycles. The number of benzene rings is 1. The Morgan fingerprint density at radius 2 is 1.60 bits per heavy atom. The molecule has 1 aliphatic rings. The fourth-order valence-electron chi connectivity index (χ4n) is 2.73. The zero-order valence-electron chi connectivity index (χ0n) is 13.5. The summed E-state index contributed by atoms with van der Waals surface area (Å²) in [4.78, 5) is 11.2. The summed E-state index contributed by atoms with van der Waals surface area (Å²) in [6.07, 6.45) is 3.48. The van der Waals surface area contributed by atoms with Gasteiger partial charge in [0, 0.05) is 53.1 Å². The van der Waals surface area contributed by atoms with Crippen LogP contribution in [-0.4, -0.2) is 44.8 Å². The Morgan fingerprint density at radius 1 is 0.880 bits per heavy atom. The number of rotatable bonds is 3. The Hall–Kier alpha value is -2.18. The first-order chi connectivity index (χ1) is 12.3. The van der Waals surface area contributed by atoms with Crippen LogP contribution in [0.3, 0.4) is 0 Å². The van der Waals surface area contributed by atoms with Crippen LogP contribution in [0, 0.1) is 0 Å². The number of hydrogen-bond acceptors (Lipinski definition) is 6. The topological polar surface area (TPSA) is 54.8 Å². The maximum atomic E-state index is 6.02. The minimum atomic E-state index is 0.619. The summed E-state index contributed by atoms with van der Waals surface area (Å²) in [6, 6.07) is 11.4. The van der Waals surface area contributed by atoms with Crippen molar-refractivity contribution in [3.05, 3.63) is 53.8 Å². The van der Waals surface area contributed by atoms with Gasteiger partial charge >= 0.3 is 0 Å². The fraction of sp³-hybridized carbons (Fsp3) is 0.222. The number of nitrogens with zero attached hydrogens (tertiary/aromatic N) is 5. The van der Waals surface area contributed by atoms with E-state index in [1.807, 2.05) is 48.2 Å². The number of hydrogen-bond donors (Lipinski definition) is 0. The lowest BCUT2D eigenvalue weighted by molar-refractivity contribution is 0.824. The van der Waals surface area contributed by atoms with Crippen LogP contribution < -0.4 is 4.90 Å². The van der Waals surface area contributed by atoms with E-state index in [0.29, 0.717) is 10.8 Å². The van der Waals surface area contributed by atoms with Crippen LogP contribution in [0.25, 0.3) is 22.6 Å². The van der Waals surface area contributed by atoms with Crippen molar-refractivity contribution in [2.24, 2.45) is 0 Å². The largest absolute Gasteiger partial charge is 0.353 e. The molecule has 0 spiro atoms. The van der Waals surface area contributed by atoms with Crippen LogP contribution in [0.2, 0.25) is 5.02 Å². The molecule has 7 heteroatoms. The molecule has 0 unspecified atom stereocenters. The zero-order valence-corrected chi connectivity index (χ0v) is 15.0. The summed E-state index contributed by atoms with van der Waals surface area (Å²) in [5.74, 6) is 3.68. The van der Waals surface area contributed by atoms with Gasteiger partial charge in [-0.3, -0.25) is 4.98 Å². The molecule has 3 heterocycles. The molecule has 0 aliphatic carbocycles. The highest BCUT2D eigenvalue weighted by atomic mass is 35.5. The average molecular weight is 370 g/mol. The molecule has 0 N–H and O–H groups in total. The van der Waals surface area contributed by atoms with Gasteiger partial charge in [0.2, 0.25) is 0 Å². The van der Waals surface area contributed by atoms with E-state index in [0.717, 1.165) is 47.2 Å². The molecule has 1 aliphatic heterocycles. The van der Waals surface area contributed by atoms with Crippen LogP contribution >= 0.6 is 23.4 Å². The predicted octanol–water partition coefficient (Wildman–Crippen LogP) is 3.81. The first kappa shape index (κ1) is 16.3. The molecule has 0 bridgehead atoms. The van der Waals surface area contributed by atoms with E-state index < -0.39 is 0 Å². The van der Waals surface area contributed by atoms with Gasteiger partial charge < -0.3 is 4.90 Å². The minimum Gasteiger partial charge on any atom is -0.353 e. The Kier molecular flexibility index (Phi) is 4.81. The van der Waals surface area contributed by atoms with Crippen molar-refractivity contribution in [2.75, 3.05) is 29.5 Å². The normalized spacial score (nSPS) is 14.5. The molecule has 25 heavy (non-hydrogen) atoms. The van der Waals surface area contributed by atoms with Crippen LogP contribution in [0.1, 0.15) is 0 Å². The predicted molar refractivity (Wildman–Crippen MR) is 103 cm³/mol. The molecule has 4 rings (SSSR count). The molecular weight excluding hydrogens is 354 g/mol. The Balaban J connectivity index is 1.81. The van der Waals surface area contributed by atoms with Crippen LogP contribution in [0.15, 0.2) is 48.8 Å². The zero-order chi connectivity index (χ0) is 17.1. The van der Waals surface area contributed by atoms with E-state index in [-0.39, 0.29) is 0 Å². The summed E-state index contributed by atoms with van der Waals surface area (Å²) in [5, 5.41) is 9.56. The maximum absolute atomic E-state index is 6.02. The molecular formula is C18H16ClN5S. The summed E-state index contributed by atoms with van der Waals surface area (Å²) in [5.41, 5.74) is 2.68. The summed E-state index contributed by atoms with van der Waals surface area (Å²) in [7, 11) is 0. The number of pyridine rings is 1. The van der Waals surface area contributed by atoms with E-state index in [1.54, 1.807) is 12.4 Å². The lowest BCUT2D eigenvalue weighted by Crippen LogP contribution is -2.34. The summed E-state index contributed by atoms with van der Waals surface area (Å²) < 4.78 is 0. The van der Waals surface area contributed by atoms with E-state index in [1.165, 1.54) is 0 Å². The third kappa shape index (κ3) is 3.60. The minimum absolute atomic E-state index is 0.619. The highest BCUT2D eigenvalue weighted by Gasteiger charge is 2.20. The van der Waals surface area contributed by atoms with Gasteiger partial charge in [0.1, 0.15) is 5.69 Å². The number of thioether (sulfide) groups is 1. The Bertz CT molecular complexity index is 851. The van der Waals surface area contributed by atoms with Crippen molar-refractivity contribution in [3.63, 3.8) is 0 Å². The van der Waals surface area contributed by atoms with Crippen LogP contribution in [-0.2, 0) is 0 Å². The van der Waals surface area contributed by atoms with Crippen molar-refractivity contribution in [3.8, 4) is 22.6 Å². The molecule has 0 amide bonds. The number of anilines is 1. The lowest BCUT2D eigenvalue weighted by Gasteiger charge is -2.28. The molecule has 1 fully saturated rings. The molecule has 0 atom stereocenters. The second-order valence-corrected chi connectivity index (χ2v) is 7.31. The van der Waals surface area contributed by atoms with Crippen molar-refractivity contribution in [1.82, 2.24) is 20.2 Å². The monoisotopic (exact) mass is 369 g/mol. The van der Waals surface area contributed by atoms with Crippen LogP contribution in [0.5, 0.6) is 0 Å². The van der Waals surface area contributed by atoms with Gasteiger partial charge in [-0.15, -0.1) is 10.2 Å². The second kappa shape index (κ2) is 7.37. The molecule has 126 valence electrons. The standard InChI is InChI=1S/C18H16ClN5S/c19-15-3-1-13(2-4-15)16-18(24-9-11-25-12-10-24)21-17(23-22-16)14-5-7-20-8-6-14/h1-8H,9-12H2. The SMILES string of the molecule is Clc1ccc(-c2nnc(-c3ccncc3)nc2N2CCSCC2)cc1. The third-order valence-corrected chi connectivity index (χ3v) is 5.23. The fourth-order valence-corrected chi connectivity index (χ4v) is 3.76. The van der Waals surface area contributed by atoms with Crippen molar-refractivity contribution in [2.45, 2.75) is 0 Å². The maximum Gasteiger partial charge on any atom is 0.183 e. The average Bonchev–Trinajstić information content (AvgIpc) is 2.70. The smallest absolute Gasteiger partial charge is 0.183 e. The summed E-state index contributed by atoms with van der Waals surface area (Å²) >= 11 is 7.99. The number of aromatic nitrogens is 4. The molecule has 2 aromatic heterocycles. The van der Waals surface area contributed by atoms with Gasteiger partial charge in [0.15, 0.2) is 11.6 Å². The van der Waals surface area contributed by atoms with Crippen molar-refractivity contribution in [1.29, 1.82) is 0 Å². The van der Waals surface area contributed by atoms with Crippen LogP contribution in [0.4, 0.5) is 5.82 Å². The van der Waals surface area contributed by atoms with E-state index in [9.17, 15) is 0 Å². The van der Waals surface area contributed by atoms with Gasteiger partial charge in [-0.1, -0.05) is 23.7 Å². The highest BCUT2D eigenvalue weighted by molar-refractivity contribution is 7.99.